The number of aryl methyl sites for hydroxylation is 2. The summed E-state index contributed by atoms with van der Waals surface area (Å²) in [5, 5.41) is 7.27. The molecule has 0 fully saturated rings. The summed E-state index contributed by atoms with van der Waals surface area (Å²) < 4.78 is 28.2. The summed E-state index contributed by atoms with van der Waals surface area (Å²) in [6, 6.07) is 5.30. The first-order chi connectivity index (χ1) is 8.60. The fraction of sp³-hybridized carbons (Fsp3) is 0.308. The molecule has 1 heterocycles. The summed E-state index contributed by atoms with van der Waals surface area (Å²) in [5.41, 5.74) is 1.32. The van der Waals surface area contributed by atoms with Crippen LogP contribution in [0.4, 0.5) is 14.6 Å². The van der Waals surface area contributed by atoms with Gasteiger partial charge in [-0.05, 0) is 32.0 Å². The smallest absolute Gasteiger partial charge is 0.148 e. The van der Waals surface area contributed by atoms with Crippen LogP contribution in [0.5, 0.6) is 0 Å². The van der Waals surface area contributed by atoms with Crippen LogP contribution >= 0.6 is 0 Å². The Morgan fingerprint density at radius 1 is 1.28 bits per heavy atom. The van der Waals surface area contributed by atoms with Crippen molar-refractivity contribution in [2.24, 2.45) is 0 Å². The molecule has 3 nitrogen and oxygen atoms in total. The molecule has 0 amide bonds. The predicted octanol–water partition coefficient (Wildman–Crippen LogP) is 3.10. The molecule has 1 N–H and O–H groups in total. The van der Waals surface area contributed by atoms with Gasteiger partial charge in [0.25, 0.3) is 0 Å². The molecule has 18 heavy (non-hydrogen) atoms. The molecule has 5 heteroatoms. The Morgan fingerprint density at radius 2 is 2.06 bits per heavy atom. The Morgan fingerprint density at radius 3 is 2.72 bits per heavy atom. The number of nitrogens with zero attached hydrogens (tertiary/aromatic N) is 2. The van der Waals surface area contributed by atoms with Crippen molar-refractivity contribution in [1.82, 2.24) is 9.78 Å². The first kappa shape index (κ1) is 12.5. The van der Waals surface area contributed by atoms with Crippen molar-refractivity contribution in [3.8, 4) is 0 Å². The van der Waals surface area contributed by atoms with Crippen LogP contribution in [0.25, 0.3) is 0 Å². The second-order valence-corrected chi connectivity index (χ2v) is 4.08. The SMILES string of the molecule is CCn1nc(NCc2cc(F)ccc2F)cc1C. The lowest BCUT2D eigenvalue weighted by Crippen LogP contribution is -2.04. The number of hydrogen-bond acceptors (Lipinski definition) is 2. The van der Waals surface area contributed by atoms with E-state index in [0.29, 0.717) is 11.4 Å². The normalized spacial score (nSPS) is 10.7. The van der Waals surface area contributed by atoms with Crippen molar-refractivity contribution < 1.29 is 8.78 Å². The average Bonchev–Trinajstić information content (AvgIpc) is 2.71. The Bertz CT molecular complexity index is 549. The van der Waals surface area contributed by atoms with Gasteiger partial charge in [-0.2, -0.15) is 5.10 Å². The molecular formula is C13H15F2N3. The molecule has 0 radical (unpaired) electrons. The van der Waals surface area contributed by atoms with Gasteiger partial charge in [-0.25, -0.2) is 8.78 Å². The zero-order valence-corrected chi connectivity index (χ0v) is 10.4. The minimum absolute atomic E-state index is 0.212. The van der Waals surface area contributed by atoms with Crippen LogP contribution in [-0.2, 0) is 13.1 Å². The van der Waals surface area contributed by atoms with Crippen molar-refractivity contribution in [1.29, 1.82) is 0 Å². The summed E-state index contributed by atoms with van der Waals surface area (Å²) in [6.45, 7) is 4.94. The van der Waals surface area contributed by atoms with Crippen molar-refractivity contribution >= 4 is 5.82 Å². The third-order valence-electron chi connectivity index (χ3n) is 2.75. The van der Waals surface area contributed by atoms with Gasteiger partial charge in [-0.3, -0.25) is 4.68 Å². The number of halogens is 2. The van der Waals surface area contributed by atoms with Crippen molar-refractivity contribution in [2.75, 3.05) is 5.32 Å². The molecule has 0 saturated heterocycles. The maximum absolute atomic E-state index is 13.4. The van der Waals surface area contributed by atoms with Crippen molar-refractivity contribution in [2.45, 2.75) is 26.9 Å². The highest BCUT2D eigenvalue weighted by molar-refractivity contribution is 5.37. The molecule has 0 aliphatic rings. The van der Waals surface area contributed by atoms with Gasteiger partial charge in [0, 0.05) is 30.4 Å². The van der Waals surface area contributed by atoms with E-state index in [-0.39, 0.29) is 6.54 Å². The fourth-order valence-electron chi connectivity index (χ4n) is 1.78. The van der Waals surface area contributed by atoms with Crippen LogP contribution < -0.4 is 5.32 Å². The molecule has 1 aromatic carbocycles. The van der Waals surface area contributed by atoms with E-state index in [9.17, 15) is 8.78 Å². The third-order valence-corrected chi connectivity index (χ3v) is 2.75. The van der Waals surface area contributed by atoms with Gasteiger partial charge in [0.1, 0.15) is 17.5 Å². The van der Waals surface area contributed by atoms with Crippen molar-refractivity contribution in [3.63, 3.8) is 0 Å². The first-order valence-electron chi connectivity index (χ1n) is 5.82. The van der Waals surface area contributed by atoms with Gasteiger partial charge in [-0.1, -0.05) is 0 Å². The molecule has 96 valence electrons. The van der Waals surface area contributed by atoms with Gasteiger partial charge in [0.2, 0.25) is 0 Å². The van der Waals surface area contributed by atoms with E-state index in [1.54, 1.807) is 0 Å². The van der Waals surface area contributed by atoms with Crippen LogP contribution in [0.3, 0.4) is 0 Å². The molecule has 0 bridgehead atoms. The molecule has 1 aromatic heterocycles. The Balaban J connectivity index is 2.08. The molecule has 2 rings (SSSR count). The third kappa shape index (κ3) is 2.67. The van der Waals surface area contributed by atoms with E-state index < -0.39 is 11.6 Å². The van der Waals surface area contributed by atoms with Crippen LogP contribution in [0.1, 0.15) is 18.2 Å². The number of benzene rings is 1. The zero-order chi connectivity index (χ0) is 13.1. The second kappa shape index (κ2) is 5.16. The van der Waals surface area contributed by atoms with Gasteiger partial charge in [0.05, 0.1) is 0 Å². The highest BCUT2D eigenvalue weighted by Crippen LogP contribution is 2.13. The van der Waals surface area contributed by atoms with Gasteiger partial charge >= 0.3 is 0 Å². The molecule has 2 aromatic rings. The first-order valence-corrected chi connectivity index (χ1v) is 5.82. The summed E-state index contributed by atoms with van der Waals surface area (Å²) >= 11 is 0. The summed E-state index contributed by atoms with van der Waals surface area (Å²) in [6.07, 6.45) is 0. The number of hydrogen-bond donors (Lipinski definition) is 1. The van der Waals surface area contributed by atoms with E-state index in [1.165, 1.54) is 6.07 Å². The van der Waals surface area contributed by atoms with Gasteiger partial charge in [0.15, 0.2) is 0 Å². The van der Waals surface area contributed by atoms with Crippen LogP contribution in [0.15, 0.2) is 24.3 Å². The highest BCUT2D eigenvalue weighted by Gasteiger charge is 2.06. The lowest BCUT2D eigenvalue weighted by Gasteiger charge is -2.04. The molecule has 0 saturated carbocycles. The topological polar surface area (TPSA) is 29.9 Å². The van der Waals surface area contributed by atoms with Gasteiger partial charge in [-0.15, -0.1) is 0 Å². The van der Waals surface area contributed by atoms with E-state index in [1.807, 2.05) is 24.6 Å². The average molecular weight is 251 g/mol. The van der Waals surface area contributed by atoms with Crippen molar-refractivity contribution in [3.05, 3.63) is 47.2 Å². The van der Waals surface area contributed by atoms with Gasteiger partial charge < -0.3 is 5.32 Å². The molecular weight excluding hydrogens is 236 g/mol. The van der Waals surface area contributed by atoms with E-state index in [0.717, 1.165) is 24.4 Å². The fourth-order valence-corrected chi connectivity index (χ4v) is 1.78. The molecule has 0 aliphatic carbocycles. The highest BCUT2D eigenvalue weighted by atomic mass is 19.1. The molecule has 0 unspecified atom stereocenters. The number of anilines is 1. The summed E-state index contributed by atoms with van der Waals surface area (Å²) in [7, 11) is 0. The maximum atomic E-state index is 13.4. The van der Waals surface area contributed by atoms with Crippen LogP contribution in [-0.4, -0.2) is 9.78 Å². The Labute approximate surface area is 104 Å². The largest absolute Gasteiger partial charge is 0.364 e. The number of aromatic nitrogens is 2. The Hall–Kier alpha value is -1.91. The second-order valence-electron chi connectivity index (χ2n) is 4.08. The maximum Gasteiger partial charge on any atom is 0.148 e. The van der Waals surface area contributed by atoms with Crippen LogP contribution in [0, 0.1) is 18.6 Å². The van der Waals surface area contributed by atoms with Crippen LogP contribution in [0.2, 0.25) is 0 Å². The quantitative estimate of drug-likeness (QED) is 0.904. The minimum atomic E-state index is -0.441. The number of rotatable bonds is 4. The van der Waals surface area contributed by atoms with E-state index in [4.69, 9.17) is 0 Å². The Kier molecular flexibility index (Phi) is 3.60. The van der Waals surface area contributed by atoms with E-state index in [2.05, 4.69) is 10.4 Å². The summed E-state index contributed by atoms with van der Waals surface area (Å²) in [4.78, 5) is 0. The minimum Gasteiger partial charge on any atom is -0.364 e. The monoisotopic (exact) mass is 251 g/mol. The molecule has 0 aliphatic heterocycles. The summed E-state index contributed by atoms with van der Waals surface area (Å²) in [5.74, 6) is -0.197. The zero-order valence-electron chi connectivity index (χ0n) is 10.4. The molecule has 0 atom stereocenters. The predicted molar refractivity (Wildman–Crippen MR) is 66.3 cm³/mol. The number of nitrogens with one attached hydrogen (secondary N) is 1. The lowest BCUT2D eigenvalue weighted by atomic mass is 10.2. The lowest BCUT2D eigenvalue weighted by molar-refractivity contribution is 0.587. The van der Waals surface area contributed by atoms with E-state index >= 15 is 0 Å². The molecule has 0 spiro atoms. The standard InChI is InChI=1S/C13H15F2N3/c1-3-18-9(2)6-13(17-18)16-8-10-7-11(14)4-5-12(10)15/h4-7H,3,8H2,1-2H3,(H,16,17).